The van der Waals surface area contributed by atoms with Crippen molar-refractivity contribution in [3.05, 3.63) is 35.4 Å². The number of benzene rings is 1. The molecule has 0 aromatic heterocycles. The SMILES string of the molecule is CNCc1cccc(CS(=O)(=O)NC2CCCC2)c1. The Kier molecular flexibility index (Phi) is 4.96. The Morgan fingerprint density at radius 2 is 1.89 bits per heavy atom. The first-order valence-corrected chi connectivity index (χ1v) is 8.47. The summed E-state index contributed by atoms with van der Waals surface area (Å²) in [6, 6.07) is 7.87. The van der Waals surface area contributed by atoms with Gasteiger partial charge in [-0.3, -0.25) is 0 Å². The molecule has 0 saturated heterocycles. The minimum absolute atomic E-state index is 0.0705. The van der Waals surface area contributed by atoms with Gasteiger partial charge in [0.1, 0.15) is 0 Å². The monoisotopic (exact) mass is 282 g/mol. The third-order valence-corrected chi connectivity index (χ3v) is 4.84. The molecule has 1 aliphatic carbocycles. The number of rotatable bonds is 6. The average Bonchev–Trinajstić information content (AvgIpc) is 2.81. The van der Waals surface area contributed by atoms with Crippen molar-refractivity contribution in [2.75, 3.05) is 7.05 Å². The largest absolute Gasteiger partial charge is 0.316 e. The van der Waals surface area contributed by atoms with Gasteiger partial charge in [-0.15, -0.1) is 0 Å². The molecule has 0 heterocycles. The van der Waals surface area contributed by atoms with Crippen LogP contribution in [0.15, 0.2) is 24.3 Å². The van der Waals surface area contributed by atoms with E-state index in [1.807, 2.05) is 31.3 Å². The summed E-state index contributed by atoms with van der Waals surface area (Å²) < 4.78 is 27.0. The lowest BCUT2D eigenvalue weighted by Crippen LogP contribution is -2.33. The van der Waals surface area contributed by atoms with Gasteiger partial charge < -0.3 is 5.32 Å². The Bertz CT molecular complexity index is 508. The van der Waals surface area contributed by atoms with Crippen LogP contribution in [0.4, 0.5) is 0 Å². The summed E-state index contributed by atoms with van der Waals surface area (Å²) in [7, 11) is -1.34. The maximum atomic E-state index is 12.1. The molecule has 0 bridgehead atoms. The van der Waals surface area contributed by atoms with E-state index in [0.29, 0.717) is 0 Å². The van der Waals surface area contributed by atoms with Gasteiger partial charge in [-0.25, -0.2) is 13.1 Å². The fourth-order valence-electron chi connectivity index (χ4n) is 2.59. The summed E-state index contributed by atoms with van der Waals surface area (Å²) in [5, 5.41) is 3.07. The van der Waals surface area contributed by atoms with Gasteiger partial charge in [0.15, 0.2) is 0 Å². The van der Waals surface area contributed by atoms with Gasteiger partial charge in [0.25, 0.3) is 0 Å². The van der Waals surface area contributed by atoms with Crippen LogP contribution >= 0.6 is 0 Å². The van der Waals surface area contributed by atoms with Crippen LogP contribution < -0.4 is 10.0 Å². The molecule has 1 fully saturated rings. The van der Waals surface area contributed by atoms with E-state index in [1.165, 1.54) is 0 Å². The van der Waals surface area contributed by atoms with E-state index in [0.717, 1.165) is 43.4 Å². The molecule has 4 nitrogen and oxygen atoms in total. The average molecular weight is 282 g/mol. The number of sulfonamides is 1. The fourth-order valence-corrected chi connectivity index (χ4v) is 4.04. The van der Waals surface area contributed by atoms with E-state index in [1.54, 1.807) is 0 Å². The first kappa shape index (κ1) is 14.5. The fraction of sp³-hybridized carbons (Fsp3) is 0.571. The number of hydrogen-bond acceptors (Lipinski definition) is 3. The van der Waals surface area contributed by atoms with Gasteiger partial charge in [-0.05, 0) is 31.0 Å². The van der Waals surface area contributed by atoms with Gasteiger partial charge in [0.2, 0.25) is 10.0 Å². The van der Waals surface area contributed by atoms with Crippen molar-refractivity contribution in [1.29, 1.82) is 0 Å². The molecule has 0 radical (unpaired) electrons. The van der Waals surface area contributed by atoms with Crippen molar-refractivity contribution in [2.45, 2.75) is 44.0 Å². The highest BCUT2D eigenvalue weighted by Crippen LogP contribution is 2.19. The zero-order valence-electron chi connectivity index (χ0n) is 11.4. The molecule has 19 heavy (non-hydrogen) atoms. The third-order valence-electron chi connectivity index (χ3n) is 3.43. The Morgan fingerprint density at radius 1 is 1.21 bits per heavy atom. The van der Waals surface area contributed by atoms with Crippen molar-refractivity contribution >= 4 is 10.0 Å². The highest BCUT2D eigenvalue weighted by atomic mass is 32.2. The van der Waals surface area contributed by atoms with Gasteiger partial charge in [-0.2, -0.15) is 0 Å². The molecule has 1 aromatic carbocycles. The van der Waals surface area contributed by atoms with Crippen molar-refractivity contribution in [3.63, 3.8) is 0 Å². The molecular weight excluding hydrogens is 260 g/mol. The molecule has 0 unspecified atom stereocenters. The maximum absolute atomic E-state index is 12.1. The van der Waals surface area contributed by atoms with Crippen LogP contribution in [0.2, 0.25) is 0 Å². The molecule has 0 amide bonds. The maximum Gasteiger partial charge on any atom is 0.216 e. The Hall–Kier alpha value is -0.910. The van der Waals surface area contributed by atoms with E-state index in [4.69, 9.17) is 0 Å². The molecule has 5 heteroatoms. The van der Waals surface area contributed by atoms with Crippen LogP contribution in [0.5, 0.6) is 0 Å². The van der Waals surface area contributed by atoms with Crippen LogP contribution in [0.1, 0.15) is 36.8 Å². The molecule has 2 rings (SSSR count). The van der Waals surface area contributed by atoms with E-state index >= 15 is 0 Å². The van der Waals surface area contributed by atoms with Crippen molar-refractivity contribution in [3.8, 4) is 0 Å². The zero-order chi connectivity index (χ0) is 13.7. The van der Waals surface area contributed by atoms with Crippen LogP contribution in [0.25, 0.3) is 0 Å². The highest BCUT2D eigenvalue weighted by Gasteiger charge is 2.21. The van der Waals surface area contributed by atoms with Crippen LogP contribution in [0.3, 0.4) is 0 Å². The zero-order valence-corrected chi connectivity index (χ0v) is 12.2. The van der Waals surface area contributed by atoms with Gasteiger partial charge in [0.05, 0.1) is 5.75 Å². The second kappa shape index (κ2) is 6.50. The van der Waals surface area contributed by atoms with E-state index in [-0.39, 0.29) is 11.8 Å². The summed E-state index contributed by atoms with van der Waals surface area (Å²) in [6.45, 7) is 0.754. The minimum atomic E-state index is -3.22. The van der Waals surface area contributed by atoms with Crippen LogP contribution in [0, 0.1) is 0 Å². The normalized spacial score (nSPS) is 16.9. The molecule has 2 N–H and O–H groups in total. The molecule has 1 aliphatic rings. The lowest BCUT2D eigenvalue weighted by molar-refractivity contribution is 0.551. The van der Waals surface area contributed by atoms with Crippen molar-refractivity contribution < 1.29 is 8.42 Å². The molecule has 106 valence electrons. The van der Waals surface area contributed by atoms with Gasteiger partial charge in [-0.1, -0.05) is 37.1 Å². The van der Waals surface area contributed by atoms with Gasteiger partial charge >= 0.3 is 0 Å². The van der Waals surface area contributed by atoms with Crippen LogP contribution in [-0.2, 0) is 22.3 Å². The Balaban J connectivity index is 2.00. The topological polar surface area (TPSA) is 58.2 Å². The lowest BCUT2D eigenvalue weighted by Gasteiger charge is -2.13. The van der Waals surface area contributed by atoms with E-state index in [2.05, 4.69) is 10.0 Å². The highest BCUT2D eigenvalue weighted by molar-refractivity contribution is 7.88. The Labute approximate surface area is 115 Å². The summed E-state index contributed by atoms with van der Waals surface area (Å²) >= 11 is 0. The standard InChI is InChI=1S/C14H22N2O2S/c1-15-10-12-5-4-6-13(9-12)11-19(17,18)16-14-7-2-3-8-14/h4-6,9,14-16H,2-3,7-8,10-11H2,1H3. The van der Waals surface area contributed by atoms with Crippen molar-refractivity contribution in [1.82, 2.24) is 10.0 Å². The molecule has 0 aliphatic heterocycles. The predicted molar refractivity (Wildman–Crippen MR) is 77.2 cm³/mol. The molecule has 0 spiro atoms. The summed E-state index contributed by atoms with van der Waals surface area (Å²) in [5.41, 5.74) is 1.95. The molecule has 0 atom stereocenters. The first-order chi connectivity index (χ1) is 9.09. The quantitative estimate of drug-likeness (QED) is 0.836. The second-order valence-corrected chi connectivity index (χ2v) is 6.96. The second-order valence-electron chi connectivity index (χ2n) is 5.21. The molecule has 1 saturated carbocycles. The lowest BCUT2D eigenvalue weighted by atomic mass is 10.1. The van der Waals surface area contributed by atoms with Crippen LogP contribution in [-0.4, -0.2) is 21.5 Å². The summed E-state index contributed by atoms with van der Waals surface area (Å²) in [5.74, 6) is 0.0705. The third kappa shape index (κ3) is 4.60. The van der Waals surface area contributed by atoms with Gasteiger partial charge in [0, 0.05) is 12.6 Å². The van der Waals surface area contributed by atoms with E-state index in [9.17, 15) is 8.42 Å². The van der Waals surface area contributed by atoms with Crippen molar-refractivity contribution in [2.24, 2.45) is 0 Å². The first-order valence-electron chi connectivity index (χ1n) is 6.81. The molecule has 1 aromatic rings. The summed E-state index contributed by atoms with van der Waals surface area (Å²) in [4.78, 5) is 0. The number of hydrogen-bond donors (Lipinski definition) is 2. The smallest absolute Gasteiger partial charge is 0.216 e. The molecular formula is C14H22N2O2S. The minimum Gasteiger partial charge on any atom is -0.316 e. The van der Waals surface area contributed by atoms with E-state index < -0.39 is 10.0 Å². The summed E-state index contributed by atoms with van der Waals surface area (Å²) in [6.07, 6.45) is 4.20. The predicted octanol–water partition coefficient (Wildman–Crippen LogP) is 1.77. The number of nitrogens with one attached hydrogen (secondary N) is 2. The Morgan fingerprint density at radius 3 is 2.58 bits per heavy atom.